The molecule has 2 atom stereocenters. The van der Waals surface area contributed by atoms with E-state index in [4.69, 9.17) is 0 Å². The number of nitrogens with one attached hydrogen (secondary N) is 2. The molecular weight excluding hydrogens is 380 g/mol. The van der Waals surface area contributed by atoms with Gasteiger partial charge in [-0.25, -0.2) is 0 Å². The number of hydrogen-bond donors (Lipinski definition) is 3. The first-order valence-electron chi connectivity index (χ1n) is 8.37. The van der Waals surface area contributed by atoms with Crippen molar-refractivity contribution >= 4 is 22.9 Å². The summed E-state index contributed by atoms with van der Waals surface area (Å²) < 4.78 is 0. The molecule has 25 heavy (non-hydrogen) atoms. The number of aryl methyl sites for hydroxylation is 1. The summed E-state index contributed by atoms with van der Waals surface area (Å²) in [4.78, 5) is 11.5. The van der Waals surface area contributed by atoms with Crippen LogP contribution in [0, 0.1) is 0 Å². The zero-order valence-electron chi connectivity index (χ0n) is 14.7. The summed E-state index contributed by atoms with van der Waals surface area (Å²) in [6, 6.07) is 17.7. The second kappa shape index (κ2) is 11.0. The van der Waals surface area contributed by atoms with Crippen LogP contribution in [-0.2, 0) is 6.42 Å². The van der Waals surface area contributed by atoms with Gasteiger partial charge in [-0.3, -0.25) is 4.79 Å². The van der Waals surface area contributed by atoms with Crippen molar-refractivity contribution in [3.8, 4) is 0 Å². The third-order valence-electron chi connectivity index (χ3n) is 4.15. The van der Waals surface area contributed by atoms with Gasteiger partial charge in [0.2, 0.25) is 0 Å². The first-order chi connectivity index (χ1) is 11.6. The standard InChI is InChI=1S/C20H26N2O2.BrH/c1-15(22-14-19(23)17-6-4-3-5-7-17)8-9-16-10-12-18(13-11-16)20(24)21-2;/h3-7,10-13,15,19,22-23H,8-9,14H2,1-2H3,(H,21,24);1H/t15-,19-;/m0./s1. The molecule has 0 aliphatic carbocycles. The number of hydrogen-bond acceptors (Lipinski definition) is 3. The number of aliphatic hydroxyl groups is 1. The number of benzene rings is 2. The lowest BCUT2D eigenvalue weighted by atomic mass is 10.0. The van der Waals surface area contributed by atoms with Gasteiger partial charge in [0.05, 0.1) is 6.10 Å². The highest BCUT2D eigenvalue weighted by atomic mass is 79.9. The molecule has 0 spiro atoms. The highest BCUT2D eigenvalue weighted by Crippen LogP contribution is 2.12. The van der Waals surface area contributed by atoms with Gasteiger partial charge in [0.1, 0.15) is 0 Å². The van der Waals surface area contributed by atoms with Gasteiger partial charge in [-0.05, 0) is 43.0 Å². The average Bonchev–Trinajstić information content (AvgIpc) is 2.64. The lowest BCUT2D eigenvalue weighted by molar-refractivity contribution is 0.0963. The van der Waals surface area contributed by atoms with E-state index < -0.39 is 6.10 Å². The molecule has 4 nitrogen and oxygen atoms in total. The smallest absolute Gasteiger partial charge is 0.251 e. The van der Waals surface area contributed by atoms with Gasteiger partial charge >= 0.3 is 0 Å². The Morgan fingerprint density at radius 1 is 1.08 bits per heavy atom. The molecule has 2 aromatic rings. The van der Waals surface area contributed by atoms with Crippen molar-refractivity contribution in [2.75, 3.05) is 13.6 Å². The van der Waals surface area contributed by atoms with Gasteiger partial charge in [-0.15, -0.1) is 17.0 Å². The normalized spacial score (nSPS) is 12.8. The molecule has 5 heteroatoms. The van der Waals surface area contributed by atoms with Crippen LogP contribution in [0.2, 0.25) is 0 Å². The van der Waals surface area contributed by atoms with Crippen molar-refractivity contribution in [1.29, 1.82) is 0 Å². The Hall–Kier alpha value is -1.69. The van der Waals surface area contributed by atoms with Crippen LogP contribution in [0.4, 0.5) is 0 Å². The first kappa shape index (κ1) is 21.4. The molecule has 0 fully saturated rings. The number of aliphatic hydroxyl groups excluding tert-OH is 1. The van der Waals surface area contributed by atoms with E-state index in [-0.39, 0.29) is 22.9 Å². The molecule has 2 rings (SSSR count). The van der Waals surface area contributed by atoms with Crippen molar-refractivity contribution in [3.63, 3.8) is 0 Å². The highest BCUT2D eigenvalue weighted by Gasteiger charge is 2.09. The minimum absolute atomic E-state index is 0. The maximum absolute atomic E-state index is 11.5. The number of amides is 1. The Morgan fingerprint density at radius 3 is 2.32 bits per heavy atom. The van der Waals surface area contributed by atoms with E-state index in [9.17, 15) is 9.90 Å². The molecule has 0 saturated heterocycles. The van der Waals surface area contributed by atoms with Gasteiger partial charge in [0, 0.05) is 25.2 Å². The maximum atomic E-state index is 11.5. The second-order valence-electron chi connectivity index (χ2n) is 6.05. The number of halogens is 1. The summed E-state index contributed by atoms with van der Waals surface area (Å²) in [6.45, 7) is 2.66. The molecule has 0 bridgehead atoms. The van der Waals surface area contributed by atoms with Gasteiger partial charge in [0.25, 0.3) is 5.91 Å². The summed E-state index contributed by atoms with van der Waals surface area (Å²) in [5.74, 6) is -0.0634. The molecule has 0 heterocycles. The van der Waals surface area contributed by atoms with Crippen molar-refractivity contribution in [1.82, 2.24) is 10.6 Å². The second-order valence-corrected chi connectivity index (χ2v) is 6.05. The predicted molar refractivity (Wildman–Crippen MR) is 107 cm³/mol. The Kier molecular flexibility index (Phi) is 9.42. The third kappa shape index (κ3) is 6.98. The zero-order valence-corrected chi connectivity index (χ0v) is 16.4. The molecule has 0 saturated carbocycles. The number of carbonyl (C=O) groups excluding carboxylic acids is 1. The van der Waals surface area contributed by atoms with Gasteiger partial charge in [0.15, 0.2) is 0 Å². The van der Waals surface area contributed by atoms with E-state index in [0.717, 1.165) is 18.4 Å². The number of carbonyl (C=O) groups is 1. The molecule has 0 aromatic heterocycles. The maximum Gasteiger partial charge on any atom is 0.251 e. The molecular formula is C20H27BrN2O2. The first-order valence-corrected chi connectivity index (χ1v) is 8.37. The third-order valence-corrected chi connectivity index (χ3v) is 4.15. The van der Waals surface area contributed by atoms with E-state index in [1.165, 1.54) is 5.56 Å². The Bertz CT molecular complexity index is 632. The minimum atomic E-state index is -0.486. The largest absolute Gasteiger partial charge is 0.387 e. The summed E-state index contributed by atoms with van der Waals surface area (Å²) in [5, 5.41) is 16.2. The fourth-order valence-electron chi connectivity index (χ4n) is 2.56. The highest BCUT2D eigenvalue weighted by molar-refractivity contribution is 8.93. The molecule has 0 radical (unpaired) electrons. The lowest BCUT2D eigenvalue weighted by Gasteiger charge is -2.17. The van der Waals surface area contributed by atoms with E-state index >= 15 is 0 Å². The van der Waals surface area contributed by atoms with Crippen LogP contribution in [0.5, 0.6) is 0 Å². The van der Waals surface area contributed by atoms with E-state index in [1.54, 1.807) is 7.05 Å². The minimum Gasteiger partial charge on any atom is -0.387 e. The van der Waals surface area contributed by atoms with E-state index in [1.807, 2.05) is 54.6 Å². The van der Waals surface area contributed by atoms with Crippen LogP contribution >= 0.6 is 17.0 Å². The zero-order chi connectivity index (χ0) is 17.4. The van der Waals surface area contributed by atoms with Crippen molar-refractivity contribution in [2.24, 2.45) is 0 Å². The summed E-state index contributed by atoms with van der Waals surface area (Å²) in [5.41, 5.74) is 2.82. The fourth-order valence-corrected chi connectivity index (χ4v) is 2.56. The van der Waals surface area contributed by atoms with Crippen LogP contribution in [0.15, 0.2) is 54.6 Å². The van der Waals surface area contributed by atoms with Crippen LogP contribution < -0.4 is 10.6 Å². The molecule has 0 aliphatic rings. The van der Waals surface area contributed by atoms with Crippen LogP contribution in [0.1, 0.15) is 40.9 Å². The monoisotopic (exact) mass is 406 g/mol. The van der Waals surface area contributed by atoms with Gasteiger partial charge < -0.3 is 15.7 Å². The molecule has 0 aliphatic heterocycles. The quantitative estimate of drug-likeness (QED) is 0.630. The lowest BCUT2D eigenvalue weighted by Crippen LogP contribution is -2.30. The molecule has 1 amide bonds. The van der Waals surface area contributed by atoms with Crippen LogP contribution in [0.3, 0.4) is 0 Å². The molecule has 0 unspecified atom stereocenters. The van der Waals surface area contributed by atoms with Crippen LogP contribution in [0.25, 0.3) is 0 Å². The summed E-state index contributed by atoms with van der Waals surface area (Å²) in [6.07, 6.45) is 1.42. The fraction of sp³-hybridized carbons (Fsp3) is 0.350. The van der Waals surface area contributed by atoms with Crippen LogP contribution in [-0.4, -0.2) is 30.6 Å². The van der Waals surface area contributed by atoms with Crippen molar-refractivity contribution < 1.29 is 9.90 Å². The summed E-state index contributed by atoms with van der Waals surface area (Å²) >= 11 is 0. The molecule has 2 aromatic carbocycles. The average molecular weight is 407 g/mol. The van der Waals surface area contributed by atoms with Gasteiger partial charge in [-0.1, -0.05) is 42.5 Å². The molecule has 3 N–H and O–H groups in total. The van der Waals surface area contributed by atoms with Gasteiger partial charge in [-0.2, -0.15) is 0 Å². The van der Waals surface area contributed by atoms with Crippen molar-refractivity contribution in [2.45, 2.75) is 31.9 Å². The SMILES string of the molecule is Br.CNC(=O)c1ccc(CC[C@H](C)NC[C@H](O)c2ccccc2)cc1. The van der Waals surface area contributed by atoms with Crippen molar-refractivity contribution in [3.05, 3.63) is 71.3 Å². The Morgan fingerprint density at radius 2 is 1.72 bits per heavy atom. The molecule has 136 valence electrons. The Labute approximate surface area is 160 Å². The summed E-state index contributed by atoms with van der Waals surface area (Å²) in [7, 11) is 1.63. The number of rotatable bonds is 8. The predicted octanol–water partition coefficient (Wildman–Crippen LogP) is 3.27. The van der Waals surface area contributed by atoms with E-state index in [0.29, 0.717) is 18.2 Å². The Balaban J connectivity index is 0.00000312. The topological polar surface area (TPSA) is 61.4 Å². The van der Waals surface area contributed by atoms with E-state index in [2.05, 4.69) is 17.6 Å².